The Morgan fingerprint density at radius 2 is 0.627 bits per heavy atom. The molecule has 1 saturated carbocycles. The number of hydrogen-bond acceptors (Lipinski definition) is 11. The topological polar surface area (TPSA) is 192 Å². The summed E-state index contributed by atoms with van der Waals surface area (Å²) in [4.78, 5) is 23.4. The number of carbonyl (C=O) groups excluding carboxylic acids is 1. The standard InChI is InChI=1S/C62H123O12P/c1-3-5-7-9-11-13-15-17-19-21-22-23-24-25-26-27-28-29-30-31-32-33-34-35-36-37-39-41-43-45-47-49-51-56(63)73-55(54-72-75(69,70)74-62-60(67)58(65)57(64)59(66)61(62)68)53-71-52-50-48-46-44-42-40-38-20-18-16-14-12-10-8-6-4-2/h55,57-62,64-68H,3-54H2,1-2H3,(H,69,70)/t55-,57?,58-,59?,60?,61?,62?/m1/s1. The van der Waals surface area contributed by atoms with Crippen LogP contribution < -0.4 is 0 Å². The van der Waals surface area contributed by atoms with Gasteiger partial charge in [0.15, 0.2) is 0 Å². The SMILES string of the molecule is CCCCCCCCCCCCCCCCCCCCCCCCCCCCCCCCCCC(=O)O[C@H](COCCCCCCCCCCCCCCCCCC)COP(=O)(O)OC1C(O)C(O)C(O)[C@@H](O)C1O. The van der Waals surface area contributed by atoms with Gasteiger partial charge in [0.2, 0.25) is 0 Å². The summed E-state index contributed by atoms with van der Waals surface area (Å²) in [6, 6.07) is 0. The van der Waals surface area contributed by atoms with Crippen molar-refractivity contribution in [3.63, 3.8) is 0 Å². The Bertz CT molecular complexity index is 1250. The highest BCUT2D eigenvalue weighted by Gasteiger charge is 2.51. The van der Waals surface area contributed by atoms with E-state index in [1.807, 2.05) is 0 Å². The van der Waals surface area contributed by atoms with Gasteiger partial charge in [-0.25, -0.2) is 4.57 Å². The minimum atomic E-state index is -5.02. The molecular formula is C62H123O12P. The van der Waals surface area contributed by atoms with E-state index in [0.717, 1.165) is 38.5 Å². The number of phosphoric ester groups is 1. The van der Waals surface area contributed by atoms with E-state index in [1.165, 1.54) is 263 Å². The van der Waals surface area contributed by atoms with Crippen molar-refractivity contribution in [2.45, 2.75) is 371 Å². The second-order valence-electron chi connectivity index (χ2n) is 23.0. The van der Waals surface area contributed by atoms with E-state index in [9.17, 15) is 39.8 Å². The molecule has 0 aromatic carbocycles. The van der Waals surface area contributed by atoms with Crippen LogP contribution in [0.3, 0.4) is 0 Å². The summed E-state index contributed by atoms with van der Waals surface area (Å²) in [5, 5.41) is 50.5. The molecule has 0 heterocycles. The third kappa shape index (κ3) is 43.8. The molecule has 6 unspecified atom stereocenters. The maximum atomic E-state index is 12.9. The van der Waals surface area contributed by atoms with E-state index < -0.39 is 63.1 Å². The van der Waals surface area contributed by atoms with Gasteiger partial charge in [-0.15, -0.1) is 0 Å². The molecule has 1 fully saturated rings. The van der Waals surface area contributed by atoms with Gasteiger partial charge < -0.3 is 39.9 Å². The van der Waals surface area contributed by atoms with Gasteiger partial charge in [0, 0.05) is 13.0 Å². The first-order valence-corrected chi connectivity index (χ1v) is 33.9. The van der Waals surface area contributed by atoms with E-state index in [-0.39, 0.29) is 13.0 Å². The number of unbranched alkanes of at least 4 members (excludes halogenated alkanes) is 46. The van der Waals surface area contributed by atoms with Gasteiger partial charge in [-0.05, 0) is 12.8 Å². The summed E-state index contributed by atoms with van der Waals surface area (Å²) in [6.07, 6.45) is 50.6. The molecule has 8 atom stereocenters. The minimum absolute atomic E-state index is 0.0670. The summed E-state index contributed by atoms with van der Waals surface area (Å²) in [6.45, 7) is 4.35. The number of carbonyl (C=O) groups is 1. The Kier molecular flexibility index (Phi) is 50.8. The van der Waals surface area contributed by atoms with E-state index in [1.54, 1.807) is 0 Å². The molecule has 12 nitrogen and oxygen atoms in total. The maximum absolute atomic E-state index is 12.9. The molecule has 75 heavy (non-hydrogen) atoms. The molecule has 0 bridgehead atoms. The highest BCUT2D eigenvalue weighted by molar-refractivity contribution is 7.47. The number of rotatable bonds is 58. The molecule has 448 valence electrons. The summed E-state index contributed by atoms with van der Waals surface area (Å²) < 4.78 is 34.5. The minimum Gasteiger partial charge on any atom is -0.457 e. The lowest BCUT2D eigenvalue weighted by Crippen LogP contribution is -2.64. The summed E-state index contributed by atoms with van der Waals surface area (Å²) in [5.74, 6) is -0.466. The van der Waals surface area contributed by atoms with Crippen molar-refractivity contribution in [1.82, 2.24) is 0 Å². The molecule has 0 aromatic rings. The summed E-state index contributed by atoms with van der Waals surface area (Å²) in [7, 11) is -5.02. The Balaban J connectivity index is 2.14. The van der Waals surface area contributed by atoms with E-state index in [0.29, 0.717) is 13.0 Å². The number of esters is 1. The lowest BCUT2D eigenvalue weighted by atomic mass is 9.85. The van der Waals surface area contributed by atoms with Crippen molar-refractivity contribution in [2.75, 3.05) is 19.8 Å². The molecular weight excluding hydrogens is 968 g/mol. The highest BCUT2D eigenvalue weighted by Crippen LogP contribution is 2.47. The molecule has 0 spiro atoms. The smallest absolute Gasteiger partial charge is 0.457 e. The van der Waals surface area contributed by atoms with Gasteiger partial charge >= 0.3 is 13.8 Å². The van der Waals surface area contributed by atoms with Crippen molar-refractivity contribution in [3.05, 3.63) is 0 Å². The molecule has 0 aliphatic heterocycles. The van der Waals surface area contributed by atoms with Crippen molar-refractivity contribution >= 4 is 13.8 Å². The maximum Gasteiger partial charge on any atom is 0.472 e. The molecule has 6 N–H and O–H groups in total. The number of phosphoric acid groups is 1. The molecule has 0 aromatic heterocycles. The quantitative estimate of drug-likeness (QED) is 0.0192. The monoisotopic (exact) mass is 1090 g/mol. The molecule has 0 radical (unpaired) electrons. The van der Waals surface area contributed by atoms with Crippen LogP contribution in [0.25, 0.3) is 0 Å². The van der Waals surface area contributed by atoms with Crippen molar-refractivity contribution in [1.29, 1.82) is 0 Å². The largest absolute Gasteiger partial charge is 0.472 e. The third-order valence-corrected chi connectivity index (χ3v) is 16.7. The van der Waals surface area contributed by atoms with E-state index >= 15 is 0 Å². The van der Waals surface area contributed by atoms with Crippen LogP contribution in [0.15, 0.2) is 0 Å². The van der Waals surface area contributed by atoms with Crippen LogP contribution in [0.4, 0.5) is 0 Å². The van der Waals surface area contributed by atoms with Gasteiger partial charge in [0.1, 0.15) is 42.7 Å². The zero-order chi connectivity index (χ0) is 54.7. The second-order valence-corrected chi connectivity index (χ2v) is 24.4. The molecule has 13 heteroatoms. The van der Waals surface area contributed by atoms with Gasteiger partial charge in [0.25, 0.3) is 0 Å². The third-order valence-electron chi connectivity index (χ3n) is 15.7. The predicted molar refractivity (Wildman–Crippen MR) is 309 cm³/mol. The van der Waals surface area contributed by atoms with Crippen molar-refractivity contribution in [3.8, 4) is 0 Å². The van der Waals surface area contributed by atoms with Gasteiger partial charge in [-0.1, -0.05) is 309 Å². The van der Waals surface area contributed by atoms with Crippen LogP contribution in [-0.4, -0.2) is 98.9 Å². The van der Waals surface area contributed by atoms with Crippen LogP contribution in [0.2, 0.25) is 0 Å². The Morgan fingerprint density at radius 3 is 0.920 bits per heavy atom. The Morgan fingerprint density at radius 1 is 0.373 bits per heavy atom. The van der Waals surface area contributed by atoms with Gasteiger partial charge in [0.05, 0.1) is 13.2 Å². The average Bonchev–Trinajstić information content (AvgIpc) is 3.40. The molecule has 1 aliphatic rings. The van der Waals surface area contributed by atoms with E-state index in [2.05, 4.69) is 13.8 Å². The zero-order valence-electron chi connectivity index (χ0n) is 48.9. The lowest BCUT2D eigenvalue weighted by molar-refractivity contribution is -0.220. The van der Waals surface area contributed by atoms with E-state index in [4.69, 9.17) is 18.5 Å². The van der Waals surface area contributed by atoms with Crippen LogP contribution in [-0.2, 0) is 27.9 Å². The first-order chi connectivity index (χ1) is 36.5. The van der Waals surface area contributed by atoms with Crippen molar-refractivity contribution < 1.29 is 58.3 Å². The Labute approximate surface area is 461 Å². The fraction of sp³-hybridized carbons (Fsp3) is 0.984. The normalized spacial score (nSPS) is 20.2. The summed E-state index contributed by atoms with van der Waals surface area (Å²) in [5.41, 5.74) is 0. The van der Waals surface area contributed by atoms with Crippen LogP contribution in [0.1, 0.15) is 328 Å². The average molecular weight is 1090 g/mol. The molecule has 0 amide bonds. The van der Waals surface area contributed by atoms with Crippen molar-refractivity contribution in [2.24, 2.45) is 0 Å². The van der Waals surface area contributed by atoms with Crippen LogP contribution >= 0.6 is 7.82 Å². The predicted octanol–water partition coefficient (Wildman–Crippen LogP) is 16.4. The van der Waals surface area contributed by atoms with Crippen LogP contribution in [0, 0.1) is 0 Å². The number of aliphatic hydroxyl groups is 5. The van der Waals surface area contributed by atoms with Gasteiger partial charge in [-0.3, -0.25) is 13.8 Å². The summed E-state index contributed by atoms with van der Waals surface area (Å²) >= 11 is 0. The highest BCUT2D eigenvalue weighted by atomic mass is 31.2. The second kappa shape index (κ2) is 52.7. The van der Waals surface area contributed by atoms with Gasteiger partial charge in [-0.2, -0.15) is 0 Å². The number of hydrogen-bond donors (Lipinski definition) is 6. The molecule has 1 rings (SSSR count). The fourth-order valence-corrected chi connectivity index (χ4v) is 11.6. The number of aliphatic hydroxyl groups excluding tert-OH is 5. The van der Waals surface area contributed by atoms with Crippen LogP contribution in [0.5, 0.6) is 0 Å². The molecule has 1 aliphatic carbocycles. The Hall–Kier alpha value is -0.660. The number of ether oxygens (including phenoxy) is 2. The first kappa shape index (κ1) is 72.4. The fourth-order valence-electron chi connectivity index (χ4n) is 10.7. The molecule has 0 saturated heterocycles. The first-order valence-electron chi connectivity index (χ1n) is 32.4. The lowest BCUT2D eigenvalue weighted by Gasteiger charge is -2.41. The zero-order valence-corrected chi connectivity index (χ0v) is 49.8.